The molecule has 0 saturated carbocycles. The van der Waals surface area contributed by atoms with Crippen LogP contribution in [-0.4, -0.2) is 39.1 Å². The van der Waals surface area contributed by atoms with Gasteiger partial charge in [-0.2, -0.15) is 8.78 Å². The SMILES string of the molecule is CCO[Si](O)(CNC(=O)Oc1c(F)c(F)c(F)c(F)c1F)OCC. The van der Waals surface area contributed by atoms with Crippen molar-refractivity contribution < 1.29 is 45.1 Å². The summed E-state index contributed by atoms with van der Waals surface area (Å²) >= 11 is 0. The Morgan fingerprint density at radius 2 is 1.38 bits per heavy atom. The van der Waals surface area contributed by atoms with Gasteiger partial charge in [0.2, 0.25) is 34.8 Å². The Hall–Kier alpha value is -1.76. The van der Waals surface area contributed by atoms with Crippen molar-refractivity contribution in [2.45, 2.75) is 13.8 Å². The predicted molar refractivity (Wildman–Crippen MR) is 71.5 cm³/mol. The number of ether oxygens (including phenoxy) is 1. The van der Waals surface area contributed by atoms with Crippen LogP contribution in [0.3, 0.4) is 0 Å². The lowest BCUT2D eigenvalue weighted by Crippen LogP contribution is -2.53. The fourth-order valence-electron chi connectivity index (χ4n) is 1.58. The van der Waals surface area contributed by atoms with Crippen LogP contribution < -0.4 is 10.1 Å². The summed E-state index contributed by atoms with van der Waals surface area (Å²) in [6, 6.07) is 0. The van der Waals surface area contributed by atoms with E-state index < -0.39 is 55.9 Å². The van der Waals surface area contributed by atoms with E-state index in [1.807, 2.05) is 5.32 Å². The highest BCUT2D eigenvalue weighted by atomic mass is 28.4. The van der Waals surface area contributed by atoms with E-state index in [1.54, 1.807) is 13.8 Å². The van der Waals surface area contributed by atoms with Crippen molar-refractivity contribution in [2.75, 3.05) is 19.4 Å². The Kier molecular flexibility index (Phi) is 7.07. The van der Waals surface area contributed by atoms with Crippen molar-refractivity contribution in [3.8, 4) is 5.75 Å². The van der Waals surface area contributed by atoms with Gasteiger partial charge in [-0.25, -0.2) is 18.0 Å². The van der Waals surface area contributed by atoms with E-state index in [-0.39, 0.29) is 13.2 Å². The fourth-order valence-corrected chi connectivity index (χ4v) is 3.14. The highest BCUT2D eigenvalue weighted by molar-refractivity contribution is 6.59. The predicted octanol–water partition coefficient (Wildman–Crippen LogP) is 2.01. The summed E-state index contributed by atoms with van der Waals surface area (Å²) in [5, 5.41) is 1.88. The van der Waals surface area contributed by atoms with Gasteiger partial charge in [0.1, 0.15) is 0 Å². The number of carbonyl (C=O) groups excluding carboxylic acids is 1. The van der Waals surface area contributed by atoms with Gasteiger partial charge in [0, 0.05) is 13.2 Å². The number of hydrogen-bond acceptors (Lipinski definition) is 5. The van der Waals surface area contributed by atoms with Crippen LogP contribution in [0.5, 0.6) is 5.75 Å². The molecule has 1 aromatic rings. The van der Waals surface area contributed by atoms with E-state index in [0.717, 1.165) is 0 Å². The third-order valence-electron chi connectivity index (χ3n) is 2.56. The van der Waals surface area contributed by atoms with E-state index in [2.05, 4.69) is 4.74 Å². The molecule has 12 heteroatoms. The molecule has 0 radical (unpaired) electrons. The average molecular weight is 375 g/mol. The van der Waals surface area contributed by atoms with Crippen LogP contribution in [0.4, 0.5) is 26.7 Å². The Bertz CT molecular complexity index is 583. The molecule has 0 unspecified atom stereocenters. The lowest BCUT2D eigenvalue weighted by molar-refractivity contribution is 0.106. The molecule has 0 aliphatic carbocycles. The van der Waals surface area contributed by atoms with Crippen molar-refractivity contribution in [1.82, 2.24) is 5.32 Å². The largest absolute Gasteiger partial charge is 0.518 e. The van der Waals surface area contributed by atoms with E-state index in [4.69, 9.17) is 8.85 Å². The summed E-state index contributed by atoms with van der Waals surface area (Å²) in [6.07, 6.45) is -2.16. The Balaban J connectivity index is 2.86. The molecule has 0 fully saturated rings. The molecule has 24 heavy (non-hydrogen) atoms. The van der Waals surface area contributed by atoms with Gasteiger partial charge in [-0.3, -0.25) is 0 Å². The van der Waals surface area contributed by atoms with Crippen molar-refractivity contribution >= 4 is 14.9 Å². The maximum absolute atomic E-state index is 13.4. The van der Waals surface area contributed by atoms with Gasteiger partial charge >= 0.3 is 14.9 Å². The number of carbonyl (C=O) groups is 1. The molecular weight excluding hydrogens is 361 g/mol. The Morgan fingerprint density at radius 1 is 0.958 bits per heavy atom. The Morgan fingerprint density at radius 3 is 1.79 bits per heavy atom. The van der Waals surface area contributed by atoms with Gasteiger partial charge < -0.3 is 23.7 Å². The fraction of sp³-hybridized carbons (Fsp3) is 0.417. The molecule has 0 aliphatic heterocycles. The maximum atomic E-state index is 13.4. The molecule has 136 valence electrons. The molecule has 0 heterocycles. The van der Waals surface area contributed by atoms with E-state index in [0.29, 0.717) is 0 Å². The van der Waals surface area contributed by atoms with Crippen LogP contribution in [0.1, 0.15) is 13.8 Å². The molecule has 0 bridgehead atoms. The molecule has 0 spiro atoms. The minimum Gasteiger partial charge on any atom is -0.404 e. The first-order chi connectivity index (χ1) is 11.2. The number of rotatable bonds is 7. The summed E-state index contributed by atoms with van der Waals surface area (Å²) in [5.74, 6) is -13.3. The van der Waals surface area contributed by atoms with Crippen LogP contribution in [0.15, 0.2) is 0 Å². The second-order valence-corrected chi connectivity index (χ2v) is 6.58. The number of amides is 1. The number of hydrogen-bond donors (Lipinski definition) is 2. The number of halogens is 5. The van der Waals surface area contributed by atoms with Crippen LogP contribution in [0.2, 0.25) is 0 Å². The minimum absolute atomic E-state index is 0.0527. The number of benzene rings is 1. The first kappa shape index (κ1) is 20.3. The lowest BCUT2D eigenvalue weighted by atomic mass is 10.3. The first-order valence-corrected chi connectivity index (χ1v) is 8.61. The van der Waals surface area contributed by atoms with Gasteiger partial charge in [0.25, 0.3) is 0 Å². The molecule has 0 atom stereocenters. The topological polar surface area (TPSA) is 77.0 Å². The standard InChI is InChI=1S/C12H14F5NO5Si/c1-3-21-24(20,22-4-2)5-18-12(19)23-11-9(16)7(14)6(13)8(15)10(11)17/h20H,3-5H2,1-2H3,(H,18,19). The van der Waals surface area contributed by atoms with Crippen molar-refractivity contribution in [2.24, 2.45) is 0 Å². The molecule has 1 rings (SSSR count). The van der Waals surface area contributed by atoms with Crippen molar-refractivity contribution in [1.29, 1.82) is 0 Å². The molecule has 1 amide bonds. The zero-order valence-electron chi connectivity index (χ0n) is 12.6. The minimum atomic E-state index is -3.79. The zero-order valence-corrected chi connectivity index (χ0v) is 13.6. The summed E-state index contributed by atoms with van der Waals surface area (Å²) in [7, 11) is -3.79. The smallest absolute Gasteiger partial charge is 0.404 e. The monoisotopic (exact) mass is 375 g/mol. The molecule has 1 aromatic carbocycles. The Labute approximate surface area is 134 Å². The zero-order chi connectivity index (χ0) is 18.5. The normalized spacial score (nSPS) is 11.5. The van der Waals surface area contributed by atoms with Crippen molar-refractivity contribution in [3.63, 3.8) is 0 Å². The highest BCUT2D eigenvalue weighted by Crippen LogP contribution is 2.29. The van der Waals surface area contributed by atoms with Gasteiger partial charge in [0.15, 0.2) is 0 Å². The van der Waals surface area contributed by atoms with Gasteiger partial charge in [-0.1, -0.05) is 0 Å². The lowest BCUT2D eigenvalue weighted by Gasteiger charge is -2.22. The summed E-state index contributed by atoms with van der Waals surface area (Å²) < 4.78 is 79.6. The van der Waals surface area contributed by atoms with E-state index in [1.165, 1.54) is 0 Å². The van der Waals surface area contributed by atoms with E-state index in [9.17, 15) is 31.5 Å². The molecule has 0 aliphatic rings. The summed E-state index contributed by atoms with van der Waals surface area (Å²) in [6.45, 7) is 3.20. The number of nitrogens with one attached hydrogen (secondary N) is 1. The van der Waals surface area contributed by atoms with Crippen LogP contribution in [0.25, 0.3) is 0 Å². The molecule has 2 N–H and O–H groups in total. The van der Waals surface area contributed by atoms with Gasteiger partial charge in [-0.15, -0.1) is 0 Å². The molecule has 0 aromatic heterocycles. The molecule has 6 nitrogen and oxygen atoms in total. The third kappa shape index (κ3) is 4.63. The van der Waals surface area contributed by atoms with Crippen LogP contribution >= 0.6 is 0 Å². The van der Waals surface area contributed by atoms with Crippen molar-refractivity contribution in [3.05, 3.63) is 29.1 Å². The highest BCUT2D eigenvalue weighted by Gasteiger charge is 2.37. The van der Waals surface area contributed by atoms with Crippen LogP contribution in [-0.2, 0) is 8.85 Å². The first-order valence-electron chi connectivity index (χ1n) is 6.64. The van der Waals surface area contributed by atoms with Gasteiger partial charge in [-0.05, 0) is 13.8 Å². The quantitative estimate of drug-likeness (QED) is 0.330. The molecule has 0 saturated heterocycles. The second-order valence-electron chi connectivity index (χ2n) is 4.22. The second kappa shape index (κ2) is 8.37. The summed E-state index contributed by atoms with van der Waals surface area (Å²) in [4.78, 5) is 21.4. The molecular formula is C12H14F5NO5Si. The average Bonchev–Trinajstić information content (AvgIpc) is 2.54. The summed E-state index contributed by atoms with van der Waals surface area (Å²) in [5.41, 5.74) is 0. The van der Waals surface area contributed by atoms with E-state index >= 15 is 0 Å². The van der Waals surface area contributed by atoms with Crippen LogP contribution in [0, 0.1) is 29.1 Å². The van der Waals surface area contributed by atoms with Gasteiger partial charge in [0.05, 0.1) is 6.17 Å². The third-order valence-corrected chi connectivity index (χ3v) is 4.66. The maximum Gasteiger partial charge on any atom is 0.518 e.